The zero-order valence-electron chi connectivity index (χ0n) is 10.7. The van der Waals surface area contributed by atoms with Crippen molar-refractivity contribution >= 4 is 0 Å². The van der Waals surface area contributed by atoms with Crippen LogP contribution < -0.4 is 5.73 Å². The predicted octanol–water partition coefficient (Wildman–Crippen LogP) is 3.44. The van der Waals surface area contributed by atoms with Crippen molar-refractivity contribution in [3.63, 3.8) is 0 Å². The van der Waals surface area contributed by atoms with Gasteiger partial charge in [0, 0.05) is 5.54 Å². The molecule has 0 amide bonds. The molecule has 0 bridgehead atoms. The monoisotopic (exact) mass is 223 g/mol. The van der Waals surface area contributed by atoms with Gasteiger partial charge in [0.2, 0.25) is 0 Å². The van der Waals surface area contributed by atoms with Crippen LogP contribution in [0.4, 0.5) is 4.39 Å². The molecule has 2 N–H and O–H groups in total. The summed E-state index contributed by atoms with van der Waals surface area (Å²) in [5.41, 5.74) is 8.22. The van der Waals surface area contributed by atoms with E-state index < -0.39 is 0 Å². The Morgan fingerprint density at radius 3 is 2.56 bits per heavy atom. The van der Waals surface area contributed by atoms with Crippen LogP contribution in [0.15, 0.2) is 18.2 Å². The molecule has 1 rings (SSSR count). The standard InChI is InChI=1S/C14H22FN/c1-5-11(3)14(4,16)9-12-6-7-13(15)8-10(12)2/h6-8,11H,5,9,16H2,1-4H3. The zero-order valence-corrected chi connectivity index (χ0v) is 10.7. The molecule has 16 heavy (non-hydrogen) atoms. The number of hydrogen-bond donors (Lipinski definition) is 1. The first-order valence-electron chi connectivity index (χ1n) is 5.90. The first kappa shape index (κ1) is 13.2. The van der Waals surface area contributed by atoms with Gasteiger partial charge in [-0.3, -0.25) is 0 Å². The van der Waals surface area contributed by atoms with Gasteiger partial charge in [-0.15, -0.1) is 0 Å². The van der Waals surface area contributed by atoms with E-state index >= 15 is 0 Å². The molecule has 0 saturated carbocycles. The molecule has 2 unspecified atom stereocenters. The van der Waals surface area contributed by atoms with Crippen LogP contribution in [-0.2, 0) is 6.42 Å². The van der Waals surface area contributed by atoms with Gasteiger partial charge in [-0.1, -0.05) is 26.3 Å². The van der Waals surface area contributed by atoms with Crippen molar-refractivity contribution in [3.05, 3.63) is 35.1 Å². The van der Waals surface area contributed by atoms with Gasteiger partial charge >= 0.3 is 0 Å². The van der Waals surface area contributed by atoms with E-state index in [0.29, 0.717) is 5.92 Å². The van der Waals surface area contributed by atoms with Gasteiger partial charge in [-0.2, -0.15) is 0 Å². The molecule has 0 aliphatic carbocycles. The number of rotatable bonds is 4. The summed E-state index contributed by atoms with van der Waals surface area (Å²) in [7, 11) is 0. The van der Waals surface area contributed by atoms with Crippen LogP contribution in [0.1, 0.15) is 38.3 Å². The minimum absolute atomic E-state index is 0.177. The van der Waals surface area contributed by atoms with Gasteiger partial charge in [0.25, 0.3) is 0 Å². The minimum Gasteiger partial charge on any atom is -0.325 e. The summed E-state index contributed by atoms with van der Waals surface area (Å²) in [6.45, 7) is 8.32. The van der Waals surface area contributed by atoms with Gasteiger partial charge in [-0.05, 0) is 49.4 Å². The largest absolute Gasteiger partial charge is 0.325 e. The Balaban J connectivity index is 2.87. The highest BCUT2D eigenvalue weighted by Gasteiger charge is 2.25. The molecule has 0 spiro atoms. The van der Waals surface area contributed by atoms with E-state index in [9.17, 15) is 4.39 Å². The molecule has 1 aromatic carbocycles. The van der Waals surface area contributed by atoms with Gasteiger partial charge < -0.3 is 5.73 Å². The second-order valence-electron chi connectivity index (χ2n) is 5.06. The van der Waals surface area contributed by atoms with E-state index in [0.717, 1.165) is 24.0 Å². The van der Waals surface area contributed by atoms with Gasteiger partial charge in [0.1, 0.15) is 5.82 Å². The summed E-state index contributed by atoms with van der Waals surface area (Å²) in [5.74, 6) is 0.278. The lowest BCUT2D eigenvalue weighted by Gasteiger charge is -2.31. The molecule has 90 valence electrons. The molecule has 0 radical (unpaired) electrons. The Bertz CT molecular complexity index is 358. The van der Waals surface area contributed by atoms with Crippen molar-refractivity contribution < 1.29 is 4.39 Å². The maximum absolute atomic E-state index is 13.0. The topological polar surface area (TPSA) is 26.0 Å². The van der Waals surface area contributed by atoms with E-state index in [4.69, 9.17) is 5.73 Å². The first-order chi connectivity index (χ1) is 7.36. The highest BCUT2D eigenvalue weighted by atomic mass is 19.1. The summed E-state index contributed by atoms with van der Waals surface area (Å²) < 4.78 is 13.0. The van der Waals surface area contributed by atoms with E-state index in [2.05, 4.69) is 20.8 Å². The number of nitrogens with two attached hydrogens (primary N) is 1. The number of benzene rings is 1. The Kier molecular flexibility index (Phi) is 4.09. The predicted molar refractivity (Wildman–Crippen MR) is 66.9 cm³/mol. The van der Waals surface area contributed by atoms with Crippen molar-refractivity contribution in [2.45, 2.75) is 46.1 Å². The summed E-state index contributed by atoms with van der Waals surface area (Å²) in [6, 6.07) is 4.93. The lowest BCUT2D eigenvalue weighted by atomic mass is 9.80. The van der Waals surface area contributed by atoms with E-state index in [1.165, 1.54) is 6.07 Å². The van der Waals surface area contributed by atoms with E-state index in [1.54, 1.807) is 6.07 Å². The van der Waals surface area contributed by atoms with Crippen LogP contribution in [0.2, 0.25) is 0 Å². The van der Waals surface area contributed by atoms with Crippen LogP contribution in [0.3, 0.4) is 0 Å². The third-order valence-corrected chi connectivity index (χ3v) is 3.61. The van der Waals surface area contributed by atoms with Crippen LogP contribution >= 0.6 is 0 Å². The molecular formula is C14H22FN. The van der Waals surface area contributed by atoms with Crippen molar-refractivity contribution in [2.24, 2.45) is 11.7 Å². The molecule has 1 aromatic rings. The molecule has 0 aliphatic rings. The fourth-order valence-electron chi connectivity index (χ4n) is 1.91. The summed E-state index contributed by atoms with van der Waals surface area (Å²) in [5, 5.41) is 0. The van der Waals surface area contributed by atoms with Crippen molar-refractivity contribution in [2.75, 3.05) is 0 Å². The smallest absolute Gasteiger partial charge is 0.123 e. The molecule has 2 atom stereocenters. The minimum atomic E-state index is -0.225. The average Bonchev–Trinajstić information content (AvgIpc) is 2.21. The maximum Gasteiger partial charge on any atom is 0.123 e. The molecule has 0 aromatic heterocycles. The SMILES string of the molecule is CCC(C)C(C)(N)Cc1ccc(F)cc1C. The maximum atomic E-state index is 13.0. The van der Waals surface area contributed by atoms with Crippen molar-refractivity contribution in [1.29, 1.82) is 0 Å². The van der Waals surface area contributed by atoms with Crippen LogP contribution in [0.5, 0.6) is 0 Å². The normalized spacial score (nSPS) is 16.9. The third-order valence-electron chi connectivity index (χ3n) is 3.61. The summed E-state index contributed by atoms with van der Waals surface area (Å²) in [6.07, 6.45) is 1.86. The lowest BCUT2D eigenvalue weighted by Crippen LogP contribution is -2.45. The zero-order chi connectivity index (χ0) is 12.3. The summed E-state index contributed by atoms with van der Waals surface area (Å²) >= 11 is 0. The molecule has 0 fully saturated rings. The Hall–Kier alpha value is -0.890. The number of halogens is 1. The van der Waals surface area contributed by atoms with Gasteiger partial charge in [0.05, 0.1) is 0 Å². The van der Waals surface area contributed by atoms with Gasteiger partial charge in [0.15, 0.2) is 0 Å². The highest BCUT2D eigenvalue weighted by molar-refractivity contribution is 5.28. The van der Waals surface area contributed by atoms with E-state index in [1.807, 2.05) is 13.0 Å². The Morgan fingerprint density at radius 1 is 1.44 bits per heavy atom. The second-order valence-corrected chi connectivity index (χ2v) is 5.06. The number of hydrogen-bond acceptors (Lipinski definition) is 1. The molecule has 0 saturated heterocycles. The van der Waals surface area contributed by atoms with Crippen LogP contribution in [0, 0.1) is 18.7 Å². The average molecular weight is 223 g/mol. The van der Waals surface area contributed by atoms with Crippen LogP contribution in [-0.4, -0.2) is 5.54 Å². The van der Waals surface area contributed by atoms with Crippen LogP contribution in [0.25, 0.3) is 0 Å². The number of aryl methyl sites for hydroxylation is 1. The van der Waals surface area contributed by atoms with Crippen molar-refractivity contribution in [1.82, 2.24) is 0 Å². The highest BCUT2D eigenvalue weighted by Crippen LogP contribution is 2.24. The quantitative estimate of drug-likeness (QED) is 0.831. The second kappa shape index (κ2) is 4.96. The molecule has 1 nitrogen and oxygen atoms in total. The first-order valence-corrected chi connectivity index (χ1v) is 5.90. The molecule has 2 heteroatoms. The Labute approximate surface area is 97.9 Å². The molecule has 0 aliphatic heterocycles. The Morgan fingerprint density at radius 2 is 2.06 bits per heavy atom. The molecular weight excluding hydrogens is 201 g/mol. The van der Waals surface area contributed by atoms with Crippen molar-refractivity contribution in [3.8, 4) is 0 Å². The van der Waals surface area contributed by atoms with E-state index in [-0.39, 0.29) is 11.4 Å². The summed E-state index contributed by atoms with van der Waals surface area (Å²) in [4.78, 5) is 0. The molecule has 0 heterocycles. The third kappa shape index (κ3) is 3.05. The fraction of sp³-hybridized carbons (Fsp3) is 0.571. The lowest BCUT2D eigenvalue weighted by molar-refractivity contribution is 0.306. The fourth-order valence-corrected chi connectivity index (χ4v) is 1.91. The van der Waals surface area contributed by atoms with Gasteiger partial charge in [-0.25, -0.2) is 4.39 Å².